The zero-order chi connectivity index (χ0) is 16.7. The maximum absolute atomic E-state index is 13.9. The summed E-state index contributed by atoms with van der Waals surface area (Å²) in [6.45, 7) is 0. The standard InChI is InChI=1S/C18H12FN3O2/c1-22-10-13(16(23)12-7-3-5-9-15(12)22)18-20-17(21-24-18)11-6-2-4-8-14(11)19/h2-10H,1H3. The number of hydrogen-bond donors (Lipinski definition) is 0. The van der Waals surface area contributed by atoms with Crippen molar-refractivity contribution in [1.29, 1.82) is 0 Å². The molecule has 0 saturated carbocycles. The number of pyridine rings is 1. The Bertz CT molecular complexity index is 1110. The fraction of sp³-hybridized carbons (Fsp3) is 0.0556. The third-order valence-electron chi connectivity index (χ3n) is 3.87. The molecule has 24 heavy (non-hydrogen) atoms. The zero-order valence-electron chi connectivity index (χ0n) is 12.7. The Morgan fingerprint density at radius 2 is 1.79 bits per heavy atom. The number of para-hydroxylation sites is 1. The van der Waals surface area contributed by atoms with E-state index in [1.54, 1.807) is 36.5 Å². The van der Waals surface area contributed by atoms with Crippen molar-refractivity contribution in [2.24, 2.45) is 7.05 Å². The Kier molecular flexibility index (Phi) is 3.23. The van der Waals surface area contributed by atoms with Crippen LogP contribution in [0.25, 0.3) is 33.7 Å². The second-order valence-electron chi connectivity index (χ2n) is 5.40. The first kappa shape index (κ1) is 14.3. The highest BCUT2D eigenvalue weighted by atomic mass is 19.1. The van der Waals surface area contributed by atoms with Crippen LogP contribution in [0.15, 0.2) is 64.0 Å². The third-order valence-corrected chi connectivity index (χ3v) is 3.87. The normalized spacial score (nSPS) is 11.1. The number of halogens is 1. The molecule has 118 valence electrons. The lowest BCUT2D eigenvalue weighted by Gasteiger charge is -2.06. The topological polar surface area (TPSA) is 60.9 Å². The molecule has 0 amide bonds. The summed E-state index contributed by atoms with van der Waals surface area (Å²) >= 11 is 0. The van der Waals surface area contributed by atoms with Gasteiger partial charge >= 0.3 is 0 Å². The van der Waals surface area contributed by atoms with E-state index in [1.807, 2.05) is 23.7 Å². The van der Waals surface area contributed by atoms with Gasteiger partial charge in [-0.1, -0.05) is 29.4 Å². The monoisotopic (exact) mass is 321 g/mol. The average molecular weight is 321 g/mol. The van der Waals surface area contributed by atoms with Crippen LogP contribution in [0, 0.1) is 5.82 Å². The average Bonchev–Trinajstić information content (AvgIpc) is 3.08. The maximum atomic E-state index is 13.9. The third kappa shape index (κ3) is 2.20. The quantitative estimate of drug-likeness (QED) is 0.568. The first-order chi connectivity index (χ1) is 11.6. The molecule has 0 aliphatic rings. The predicted molar refractivity (Wildman–Crippen MR) is 87.9 cm³/mol. The Labute approximate surface area is 136 Å². The van der Waals surface area contributed by atoms with Crippen LogP contribution in [0.1, 0.15) is 0 Å². The van der Waals surface area contributed by atoms with Crippen LogP contribution in [0.2, 0.25) is 0 Å². The van der Waals surface area contributed by atoms with Crippen molar-refractivity contribution in [1.82, 2.24) is 14.7 Å². The first-order valence-corrected chi connectivity index (χ1v) is 7.32. The molecule has 2 aromatic heterocycles. The Balaban J connectivity index is 1.89. The molecule has 4 aromatic rings. The molecular formula is C18H12FN3O2. The zero-order valence-corrected chi connectivity index (χ0v) is 12.7. The summed E-state index contributed by atoms with van der Waals surface area (Å²) in [5.41, 5.74) is 1.11. The molecule has 0 aliphatic heterocycles. The van der Waals surface area contributed by atoms with E-state index in [9.17, 15) is 9.18 Å². The van der Waals surface area contributed by atoms with Crippen molar-refractivity contribution in [3.8, 4) is 22.8 Å². The van der Waals surface area contributed by atoms with Gasteiger partial charge in [-0.05, 0) is 24.3 Å². The molecule has 0 radical (unpaired) electrons. The molecule has 6 heteroatoms. The van der Waals surface area contributed by atoms with Gasteiger partial charge in [-0.25, -0.2) is 4.39 Å². The second kappa shape index (κ2) is 5.42. The van der Waals surface area contributed by atoms with E-state index in [-0.39, 0.29) is 28.3 Å². The second-order valence-corrected chi connectivity index (χ2v) is 5.40. The smallest absolute Gasteiger partial charge is 0.263 e. The summed E-state index contributed by atoms with van der Waals surface area (Å²) in [5, 5.41) is 4.36. The van der Waals surface area contributed by atoms with Gasteiger partial charge in [0.2, 0.25) is 11.3 Å². The van der Waals surface area contributed by atoms with Gasteiger partial charge in [0.1, 0.15) is 11.4 Å². The number of hydrogen-bond acceptors (Lipinski definition) is 4. The molecule has 0 N–H and O–H groups in total. The van der Waals surface area contributed by atoms with Gasteiger partial charge in [0.25, 0.3) is 5.89 Å². The van der Waals surface area contributed by atoms with Gasteiger partial charge in [0, 0.05) is 18.6 Å². The van der Waals surface area contributed by atoms with E-state index in [4.69, 9.17) is 4.52 Å². The van der Waals surface area contributed by atoms with E-state index in [2.05, 4.69) is 10.1 Å². The molecule has 2 heterocycles. The molecular weight excluding hydrogens is 309 g/mol. The van der Waals surface area contributed by atoms with Gasteiger partial charge in [-0.2, -0.15) is 4.98 Å². The SMILES string of the molecule is Cn1cc(-c2nc(-c3ccccc3F)no2)c(=O)c2ccccc21. The summed E-state index contributed by atoms with van der Waals surface area (Å²) in [5.74, 6) is -0.269. The maximum Gasteiger partial charge on any atom is 0.263 e. The number of aryl methyl sites for hydroxylation is 1. The highest BCUT2D eigenvalue weighted by molar-refractivity contribution is 5.82. The minimum absolute atomic E-state index is 0.0691. The largest absolute Gasteiger partial charge is 0.350 e. The van der Waals surface area contributed by atoms with Crippen LogP contribution in [-0.2, 0) is 7.05 Å². The highest BCUT2D eigenvalue weighted by Crippen LogP contribution is 2.23. The van der Waals surface area contributed by atoms with E-state index < -0.39 is 5.82 Å². The van der Waals surface area contributed by atoms with Crippen LogP contribution < -0.4 is 5.43 Å². The molecule has 0 saturated heterocycles. The van der Waals surface area contributed by atoms with Crippen molar-refractivity contribution < 1.29 is 8.91 Å². The van der Waals surface area contributed by atoms with Gasteiger partial charge < -0.3 is 9.09 Å². The van der Waals surface area contributed by atoms with Crippen molar-refractivity contribution in [3.63, 3.8) is 0 Å². The van der Waals surface area contributed by atoms with Crippen LogP contribution >= 0.6 is 0 Å². The molecule has 0 spiro atoms. The van der Waals surface area contributed by atoms with E-state index in [0.29, 0.717) is 5.39 Å². The number of nitrogens with zero attached hydrogens (tertiary/aromatic N) is 3. The van der Waals surface area contributed by atoms with Gasteiger partial charge in [-0.15, -0.1) is 0 Å². The van der Waals surface area contributed by atoms with Crippen LogP contribution in [0.4, 0.5) is 4.39 Å². The lowest BCUT2D eigenvalue weighted by molar-refractivity contribution is 0.431. The first-order valence-electron chi connectivity index (χ1n) is 7.32. The molecule has 2 aromatic carbocycles. The Morgan fingerprint density at radius 3 is 2.62 bits per heavy atom. The molecule has 0 bridgehead atoms. The minimum Gasteiger partial charge on any atom is -0.350 e. The minimum atomic E-state index is -0.448. The van der Waals surface area contributed by atoms with Crippen molar-refractivity contribution in [2.75, 3.05) is 0 Å². The summed E-state index contributed by atoms with van der Waals surface area (Å²) in [6.07, 6.45) is 1.64. The summed E-state index contributed by atoms with van der Waals surface area (Å²) in [4.78, 5) is 16.9. The highest BCUT2D eigenvalue weighted by Gasteiger charge is 2.17. The molecule has 5 nitrogen and oxygen atoms in total. The summed E-state index contributed by atoms with van der Waals surface area (Å²) in [6, 6.07) is 13.4. The molecule has 0 aliphatic carbocycles. The molecule has 0 atom stereocenters. The van der Waals surface area contributed by atoms with Crippen LogP contribution in [-0.4, -0.2) is 14.7 Å². The van der Waals surface area contributed by atoms with Crippen LogP contribution in [0.5, 0.6) is 0 Å². The lowest BCUT2D eigenvalue weighted by atomic mass is 10.1. The molecule has 0 fully saturated rings. The van der Waals surface area contributed by atoms with Crippen molar-refractivity contribution >= 4 is 10.9 Å². The number of aromatic nitrogens is 3. The predicted octanol–water partition coefficient (Wildman–Crippen LogP) is 3.39. The summed E-state index contributed by atoms with van der Waals surface area (Å²) in [7, 11) is 1.83. The fourth-order valence-corrected chi connectivity index (χ4v) is 2.68. The Morgan fingerprint density at radius 1 is 1.04 bits per heavy atom. The Hall–Kier alpha value is -3.28. The van der Waals surface area contributed by atoms with E-state index in [1.165, 1.54) is 6.07 Å². The number of benzene rings is 2. The van der Waals surface area contributed by atoms with Crippen molar-refractivity contribution in [3.05, 3.63) is 70.8 Å². The molecule has 4 rings (SSSR count). The lowest BCUT2D eigenvalue weighted by Crippen LogP contribution is -2.10. The number of fused-ring (bicyclic) bond motifs is 1. The van der Waals surface area contributed by atoms with Gasteiger partial charge in [0.15, 0.2) is 0 Å². The van der Waals surface area contributed by atoms with Crippen LogP contribution in [0.3, 0.4) is 0 Å². The van der Waals surface area contributed by atoms with Gasteiger partial charge in [0.05, 0.1) is 11.1 Å². The van der Waals surface area contributed by atoms with Crippen molar-refractivity contribution in [2.45, 2.75) is 0 Å². The molecule has 0 unspecified atom stereocenters. The van der Waals surface area contributed by atoms with E-state index >= 15 is 0 Å². The van der Waals surface area contributed by atoms with E-state index in [0.717, 1.165) is 5.52 Å². The fourth-order valence-electron chi connectivity index (χ4n) is 2.68. The number of rotatable bonds is 2. The summed E-state index contributed by atoms with van der Waals surface area (Å²) < 4.78 is 20.9. The van der Waals surface area contributed by atoms with Gasteiger partial charge in [-0.3, -0.25) is 4.79 Å².